The lowest BCUT2D eigenvalue weighted by molar-refractivity contribution is -0.120. The van der Waals surface area contributed by atoms with Gasteiger partial charge in [0.05, 0.1) is 6.42 Å². The molecule has 3 heteroatoms. The predicted octanol–water partition coefficient (Wildman–Crippen LogP) is 1.01. The van der Waals surface area contributed by atoms with Crippen molar-refractivity contribution in [3.63, 3.8) is 0 Å². The van der Waals surface area contributed by atoms with E-state index in [0.717, 1.165) is 25.1 Å². The SMILES string of the molecule is CCNC(=O)Cc1cccc2c1CNCC2. The molecule has 0 radical (unpaired) electrons. The quantitative estimate of drug-likeness (QED) is 0.795. The number of benzene rings is 1. The zero-order valence-corrected chi connectivity index (χ0v) is 9.68. The van der Waals surface area contributed by atoms with E-state index in [4.69, 9.17) is 0 Å². The van der Waals surface area contributed by atoms with E-state index in [1.165, 1.54) is 11.1 Å². The van der Waals surface area contributed by atoms with E-state index in [0.29, 0.717) is 13.0 Å². The summed E-state index contributed by atoms with van der Waals surface area (Å²) in [6, 6.07) is 6.27. The Morgan fingerprint density at radius 3 is 3.19 bits per heavy atom. The van der Waals surface area contributed by atoms with Crippen molar-refractivity contribution >= 4 is 5.91 Å². The van der Waals surface area contributed by atoms with Crippen molar-refractivity contribution in [2.24, 2.45) is 0 Å². The van der Waals surface area contributed by atoms with Gasteiger partial charge >= 0.3 is 0 Å². The largest absolute Gasteiger partial charge is 0.356 e. The highest BCUT2D eigenvalue weighted by Crippen LogP contribution is 2.18. The maximum Gasteiger partial charge on any atom is 0.224 e. The Kier molecular flexibility index (Phi) is 3.57. The van der Waals surface area contributed by atoms with Crippen LogP contribution in [0, 0.1) is 0 Å². The molecule has 86 valence electrons. The number of hydrogen-bond donors (Lipinski definition) is 2. The smallest absolute Gasteiger partial charge is 0.224 e. The lowest BCUT2D eigenvalue weighted by Gasteiger charge is -2.20. The molecule has 2 rings (SSSR count). The maximum atomic E-state index is 11.6. The summed E-state index contributed by atoms with van der Waals surface area (Å²) in [7, 11) is 0. The van der Waals surface area contributed by atoms with E-state index in [1.54, 1.807) is 0 Å². The summed E-state index contributed by atoms with van der Waals surface area (Å²) in [5.74, 6) is 0.112. The van der Waals surface area contributed by atoms with Crippen molar-refractivity contribution in [3.05, 3.63) is 34.9 Å². The van der Waals surface area contributed by atoms with Crippen LogP contribution in [0.25, 0.3) is 0 Å². The second-order valence-electron chi connectivity index (χ2n) is 4.11. The Morgan fingerprint density at radius 2 is 2.38 bits per heavy atom. The van der Waals surface area contributed by atoms with E-state index < -0.39 is 0 Å². The molecular weight excluding hydrogens is 200 g/mol. The van der Waals surface area contributed by atoms with Crippen LogP contribution in [0.2, 0.25) is 0 Å². The summed E-state index contributed by atoms with van der Waals surface area (Å²) >= 11 is 0. The van der Waals surface area contributed by atoms with E-state index >= 15 is 0 Å². The Labute approximate surface area is 96.2 Å². The number of amides is 1. The van der Waals surface area contributed by atoms with Gasteiger partial charge in [0.25, 0.3) is 0 Å². The van der Waals surface area contributed by atoms with E-state index in [-0.39, 0.29) is 5.91 Å². The second kappa shape index (κ2) is 5.12. The third-order valence-electron chi connectivity index (χ3n) is 2.97. The number of rotatable bonds is 3. The van der Waals surface area contributed by atoms with Gasteiger partial charge in [0.1, 0.15) is 0 Å². The summed E-state index contributed by atoms with van der Waals surface area (Å²) in [5, 5.41) is 6.20. The Morgan fingerprint density at radius 1 is 1.50 bits per heavy atom. The predicted molar refractivity (Wildman–Crippen MR) is 64.2 cm³/mol. The number of hydrogen-bond acceptors (Lipinski definition) is 2. The lowest BCUT2D eigenvalue weighted by atomic mass is 9.94. The molecule has 0 atom stereocenters. The minimum absolute atomic E-state index is 0.112. The van der Waals surface area contributed by atoms with Gasteiger partial charge in [0.2, 0.25) is 5.91 Å². The summed E-state index contributed by atoms with van der Waals surface area (Å²) in [5.41, 5.74) is 3.87. The molecule has 0 saturated heterocycles. The Hall–Kier alpha value is -1.35. The molecule has 2 N–H and O–H groups in total. The minimum Gasteiger partial charge on any atom is -0.356 e. The molecule has 1 aliphatic rings. The Balaban J connectivity index is 2.17. The van der Waals surface area contributed by atoms with Gasteiger partial charge in [0, 0.05) is 13.1 Å². The maximum absolute atomic E-state index is 11.6. The standard InChI is InChI=1S/C13H18N2O/c1-2-15-13(16)8-11-5-3-4-10-6-7-14-9-12(10)11/h3-5,14H,2,6-9H2,1H3,(H,15,16). The van der Waals surface area contributed by atoms with Crippen molar-refractivity contribution in [2.45, 2.75) is 26.3 Å². The summed E-state index contributed by atoms with van der Waals surface area (Å²) < 4.78 is 0. The fraction of sp³-hybridized carbons (Fsp3) is 0.462. The van der Waals surface area contributed by atoms with Crippen molar-refractivity contribution in [1.82, 2.24) is 10.6 Å². The van der Waals surface area contributed by atoms with Crippen LogP contribution in [-0.4, -0.2) is 19.0 Å². The molecule has 0 bridgehead atoms. The molecule has 1 aromatic rings. The number of nitrogens with one attached hydrogen (secondary N) is 2. The van der Waals surface area contributed by atoms with Crippen LogP contribution >= 0.6 is 0 Å². The zero-order chi connectivity index (χ0) is 11.4. The summed E-state index contributed by atoms with van der Waals surface area (Å²) in [6.07, 6.45) is 1.57. The molecule has 0 saturated carbocycles. The zero-order valence-electron chi connectivity index (χ0n) is 9.68. The van der Waals surface area contributed by atoms with E-state index in [1.807, 2.05) is 6.92 Å². The fourth-order valence-corrected chi connectivity index (χ4v) is 2.18. The molecule has 0 spiro atoms. The van der Waals surface area contributed by atoms with Crippen molar-refractivity contribution < 1.29 is 4.79 Å². The van der Waals surface area contributed by atoms with Gasteiger partial charge in [-0.1, -0.05) is 18.2 Å². The Bertz CT molecular complexity index is 388. The number of fused-ring (bicyclic) bond motifs is 1. The average Bonchev–Trinajstić information content (AvgIpc) is 2.30. The highest BCUT2D eigenvalue weighted by molar-refractivity contribution is 5.79. The molecule has 0 fully saturated rings. The molecule has 1 aliphatic heterocycles. The van der Waals surface area contributed by atoms with Crippen LogP contribution in [-0.2, 0) is 24.2 Å². The first kappa shape index (κ1) is 11.1. The van der Waals surface area contributed by atoms with Crippen molar-refractivity contribution in [1.29, 1.82) is 0 Å². The summed E-state index contributed by atoms with van der Waals surface area (Å²) in [6.45, 7) is 4.58. The highest BCUT2D eigenvalue weighted by Gasteiger charge is 2.13. The molecule has 0 unspecified atom stereocenters. The van der Waals surface area contributed by atoms with Crippen LogP contribution in [0.5, 0.6) is 0 Å². The second-order valence-corrected chi connectivity index (χ2v) is 4.11. The van der Waals surface area contributed by atoms with Gasteiger partial charge in [-0.25, -0.2) is 0 Å². The average molecular weight is 218 g/mol. The first-order valence-electron chi connectivity index (χ1n) is 5.88. The topological polar surface area (TPSA) is 41.1 Å². The van der Waals surface area contributed by atoms with E-state index in [2.05, 4.69) is 28.8 Å². The normalized spacial score (nSPS) is 14.3. The van der Waals surface area contributed by atoms with Crippen LogP contribution in [0.1, 0.15) is 23.6 Å². The minimum atomic E-state index is 0.112. The van der Waals surface area contributed by atoms with Crippen molar-refractivity contribution in [2.75, 3.05) is 13.1 Å². The van der Waals surface area contributed by atoms with E-state index in [9.17, 15) is 4.79 Å². The lowest BCUT2D eigenvalue weighted by Crippen LogP contribution is -2.28. The summed E-state index contributed by atoms with van der Waals surface area (Å²) in [4.78, 5) is 11.6. The molecule has 0 aromatic heterocycles. The van der Waals surface area contributed by atoms with Gasteiger partial charge in [-0.15, -0.1) is 0 Å². The number of likely N-dealkylation sites (N-methyl/N-ethyl adjacent to an activating group) is 1. The number of carbonyl (C=O) groups excluding carboxylic acids is 1. The van der Waals surface area contributed by atoms with Crippen LogP contribution in [0.3, 0.4) is 0 Å². The fourth-order valence-electron chi connectivity index (χ4n) is 2.18. The van der Waals surface area contributed by atoms with Crippen LogP contribution in [0.15, 0.2) is 18.2 Å². The van der Waals surface area contributed by atoms with Crippen LogP contribution in [0.4, 0.5) is 0 Å². The van der Waals surface area contributed by atoms with Gasteiger partial charge < -0.3 is 10.6 Å². The number of carbonyl (C=O) groups is 1. The first-order chi connectivity index (χ1) is 7.81. The van der Waals surface area contributed by atoms with Crippen LogP contribution < -0.4 is 10.6 Å². The van der Waals surface area contributed by atoms with Gasteiger partial charge in [-0.3, -0.25) is 4.79 Å². The van der Waals surface area contributed by atoms with Crippen molar-refractivity contribution in [3.8, 4) is 0 Å². The first-order valence-corrected chi connectivity index (χ1v) is 5.88. The molecule has 16 heavy (non-hydrogen) atoms. The third kappa shape index (κ3) is 2.42. The van der Waals surface area contributed by atoms with Gasteiger partial charge in [-0.2, -0.15) is 0 Å². The van der Waals surface area contributed by atoms with Gasteiger partial charge in [-0.05, 0) is 36.6 Å². The molecule has 1 amide bonds. The molecule has 3 nitrogen and oxygen atoms in total. The molecule has 0 aliphatic carbocycles. The molecule has 1 heterocycles. The molecular formula is C13H18N2O. The van der Waals surface area contributed by atoms with Gasteiger partial charge in [0.15, 0.2) is 0 Å². The monoisotopic (exact) mass is 218 g/mol. The highest BCUT2D eigenvalue weighted by atomic mass is 16.1. The third-order valence-corrected chi connectivity index (χ3v) is 2.97. The molecule has 1 aromatic carbocycles.